The van der Waals surface area contributed by atoms with Gasteiger partial charge in [0.05, 0.1) is 19.6 Å². The summed E-state index contributed by atoms with van der Waals surface area (Å²) >= 11 is 0. The van der Waals surface area contributed by atoms with Crippen LogP contribution in [-0.2, 0) is 9.53 Å². The van der Waals surface area contributed by atoms with Gasteiger partial charge in [-0.05, 0) is 31.5 Å². The van der Waals surface area contributed by atoms with Gasteiger partial charge in [0.15, 0.2) is 0 Å². The Hall–Kier alpha value is -1.51. The van der Waals surface area contributed by atoms with Gasteiger partial charge in [-0.3, -0.25) is 4.79 Å². The number of rotatable bonds is 4. The number of benzene rings is 1. The lowest BCUT2D eigenvalue weighted by Crippen LogP contribution is -2.12. The van der Waals surface area contributed by atoms with Gasteiger partial charge in [0.1, 0.15) is 5.75 Å². The zero-order chi connectivity index (χ0) is 11.3. The lowest BCUT2D eigenvalue weighted by Gasteiger charge is -2.11. The van der Waals surface area contributed by atoms with E-state index in [1.165, 1.54) is 0 Å². The molecule has 0 aliphatic carbocycles. The molecule has 0 aromatic heterocycles. The molecule has 0 amide bonds. The van der Waals surface area contributed by atoms with E-state index in [4.69, 9.17) is 9.47 Å². The van der Waals surface area contributed by atoms with E-state index < -0.39 is 0 Å². The number of carbonyl (C=O) groups is 1. The standard InChI is InChI=1S/C12H16O3/c1-4-15-12(13)9(2)10-5-7-11(14-3)8-6-10/h5-9H,4H2,1-3H3. The monoisotopic (exact) mass is 208 g/mol. The molecule has 0 aliphatic rings. The van der Waals surface area contributed by atoms with Gasteiger partial charge in [0.2, 0.25) is 0 Å². The molecule has 1 aromatic rings. The van der Waals surface area contributed by atoms with Gasteiger partial charge in [-0.1, -0.05) is 12.1 Å². The molecule has 0 aliphatic heterocycles. The molecule has 0 radical (unpaired) electrons. The quantitative estimate of drug-likeness (QED) is 0.712. The van der Waals surface area contributed by atoms with Crippen molar-refractivity contribution in [3.05, 3.63) is 29.8 Å². The largest absolute Gasteiger partial charge is 0.497 e. The summed E-state index contributed by atoms with van der Waals surface area (Å²) in [4.78, 5) is 11.4. The van der Waals surface area contributed by atoms with Crippen LogP contribution in [0.3, 0.4) is 0 Å². The SMILES string of the molecule is CCOC(=O)C(C)c1ccc(OC)cc1. The molecule has 0 spiro atoms. The second kappa shape index (κ2) is 5.39. The van der Waals surface area contributed by atoms with E-state index >= 15 is 0 Å². The normalized spacial score (nSPS) is 11.9. The molecular weight excluding hydrogens is 192 g/mol. The molecule has 0 fully saturated rings. The van der Waals surface area contributed by atoms with Crippen LogP contribution < -0.4 is 4.74 Å². The minimum Gasteiger partial charge on any atom is -0.497 e. The number of methoxy groups -OCH3 is 1. The average Bonchev–Trinajstić information content (AvgIpc) is 2.28. The van der Waals surface area contributed by atoms with E-state index in [1.807, 2.05) is 31.2 Å². The third kappa shape index (κ3) is 2.98. The Morgan fingerprint density at radius 2 is 1.93 bits per heavy atom. The fraction of sp³-hybridized carbons (Fsp3) is 0.417. The summed E-state index contributed by atoms with van der Waals surface area (Å²) in [5.74, 6) is 0.369. The van der Waals surface area contributed by atoms with Gasteiger partial charge in [-0.2, -0.15) is 0 Å². The molecular formula is C12H16O3. The molecule has 0 N–H and O–H groups in total. The molecule has 1 aromatic carbocycles. The summed E-state index contributed by atoms with van der Waals surface area (Å²) in [5, 5.41) is 0. The molecule has 15 heavy (non-hydrogen) atoms. The molecule has 1 unspecified atom stereocenters. The minimum absolute atomic E-state index is 0.192. The van der Waals surface area contributed by atoms with Crippen molar-refractivity contribution in [3.8, 4) is 5.75 Å². The van der Waals surface area contributed by atoms with Gasteiger partial charge in [0.25, 0.3) is 0 Å². The predicted molar refractivity (Wildman–Crippen MR) is 58.0 cm³/mol. The van der Waals surface area contributed by atoms with Gasteiger partial charge in [0, 0.05) is 0 Å². The second-order valence-electron chi connectivity index (χ2n) is 3.25. The summed E-state index contributed by atoms with van der Waals surface area (Å²) in [6.07, 6.45) is 0. The molecule has 0 saturated carbocycles. The van der Waals surface area contributed by atoms with E-state index in [-0.39, 0.29) is 11.9 Å². The van der Waals surface area contributed by atoms with Crippen LogP contribution in [0.4, 0.5) is 0 Å². The van der Waals surface area contributed by atoms with Crippen LogP contribution in [0.5, 0.6) is 5.75 Å². The Kier molecular flexibility index (Phi) is 4.16. The van der Waals surface area contributed by atoms with Crippen molar-refractivity contribution in [1.82, 2.24) is 0 Å². The van der Waals surface area contributed by atoms with Crippen LogP contribution in [-0.4, -0.2) is 19.7 Å². The van der Waals surface area contributed by atoms with Crippen molar-refractivity contribution in [2.45, 2.75) is 19.8 Å². The van der Waals surface area contributed by atoms with Crippen LogP contribution in [0.2, 0.25) is 0 Å². The summed E-state index contributed by atoms with van der Waals surface area (Å²) in [6, 6.07) is 7.43. The van der Waals surface area contributed by atoms with Crippen molar-refractivity contribution in [3.63, 3.8) is 0 Å². The molecule has 3 nitrogen and oxygen atoms in total. The number of carbonyl (C=O) groups excluding carboxylic acids is 1. The minimum atomic E-state index is -0.226. The van der Waals surface area contributed by atoms with E-state index in [0.717, 1.165) is 11.3 Å². The molecule has 82 valence electrons. The van der Waals surface area contributed by atoms with Gasteiger partial charge >= 0.3 is 5.97 Å². The topological polar surface area (TPSA) is 35.5 Å². The lowest BCUT2D eigenvalue weighted by molar-refractivity contribution is -0.144. The van der Waals surface area contributed by atoms with E-state index in [0.29, 0.717) is 6.61 Å². The van der Waals surface area contributed by atoms with Gasteiger partial charge < -0.3 is 9.47 Å². The maximum absolute atomic E-state index is 11.4. The average molecular weight is 208 g/mol. The summed E-state index contributed by atoms with van der Waals surface area (Å²) in [5.41, 5.74) is 0.939. The third-order valence-electron chi connectivity index (χ3n) is 2.26. The van der Waals surface area contributed by atoms with Gasteiger partial charge in [-0.15, -0.1) is 0 Å². The van der Waals surface area contributed by atoms with Gasteiger partial charge in [-0.25, -0.2) is 0 Å². The smallest absolute Gasteiger partial charge is 0.313 e. The maximum atomic E-state index is 11.4. The Morgan fingerprint density at radius 3 is 2.40 bits per heavy atom. The molecule has 1 atom stereocenters. The summed E-state index contributed by atoms with van der Waals surface area (Å²) < 4.78 is 9.99. The molecule has 0 bridgehead atoms. The third-order valence-corrected chi connectivity index (χ3v) is 2.26. The van der Waals surface area contributed by atoms with Crippen molar-refractivity contribution in [1.29, 1.82) is 0 Å². The Balaban J connectivity index is 2.73. The number of esters is 1. The molecule has 1 rings (SSSR count). The first-order chi connectivity index (χ1) is 7.19. The second-order valence-corrected chi connectivity index (χ2v) is 3.25. The highest BCUT2D eigenvalue weighted by Crippen LogP contribution is 2.20. The first-order valence-electron chi connectivity index (χ1n) is 4.99. The lowest BCUT2D eigenvalue weighted by atomic mass is 10.0. The molecule has 0 saturated heterocycles. The summed E-state index contributed by atoms with van der Waals surface area (Å²) in [6.45, 7) is 4.05. The van der Waals surface area contributed by atoms with Crippen molar-refractivity contribution < 1.29 is 14.3 Å². The van der Waals surface area contributed by atoms with Crippen LogP contribution in [0, 0.1) is 0 Å². The fourth-order valence-electron chi connectivity index (χ4n) is 1.30. The van der Waals surface area contributed by atoms with E-state index in [2.05, 4.69) is 0 Å². The van der Waals surface area contributed by atoms with Crippen molar-refractivity contribution >= 4 is 5.97 Å². The highest BCUT2D eigenvalue weighted by molar-refractivity contribution is 5.77. The Labute approximate surface area is 90.0 Å². The van der Waals surface area contributed by atoms with Crippen LogP contribution in [0.15, 0.2) is 24.3 Å². The van der Waals surface area contributed by atoms with E-state index in [1.54, 1.807) is 14.0 Å². The van der Waals surface area contributed by atoms with Crippen LogP contribution >= 0.6 is 0 Å². The summed E-state index contributed by atoms with van der Waals surface area (Å²) in [7, 11) is 1.61. The van der Waals surface area contributed by atoms with Crippen molar-refractivity contribution in [2.24, 2.45) is 0 Å². The van der Waals surface area contributed by atoms with Crippen molar-refractivity contribution in [2.75, 3.05) is 13.7 Å². The van der Waals surface area contributed by atoms with E-state index in [9.17, 15) is 4.79 Å². The van der Waals surface area contributed by atoms with Crippen LogP contribution in [0.25, 0.3) is 0 Å². The zero-order valence-electron chi connectivity index (χ0n) is 9.32. The first kappa shape index (κ1) is 11.6. The maximum Gasteiger partial charge on any atom is 0.313 e. The Morgan fingerprint density at radius 1 is 1.33 bits per heavy atom. The zero-order valence-corrected chi connectivity index (χ0v) is 9.32. The molecule has 0 heterocycles. The fourth-order valence-corrected chi connectivity index (χ4v) is 1.30. The number of hydrogen-bond donors (Lipinski definition) is 0. The molecule has 3 heteroatoms. The first-order valence-corrected chi connectivity index (χ1v) is 4.99. The highest BCUT2D eigenvalue weighted by atomic mass is 16.5. The number of ether oxygens (including phenoxy) is 2. The highest BCUT2D eigenvalue weighted by Gasteiger charge is 2.15. The number of hydrogen-bond acceptors (Lipinski definition) is 3. The predicted octanol–water partition coefficient (Wildman–Crippen LogP) is 2.36. The Bertz CT molecular complexity index is 316. The van der Waals surface area contributed by atoms with Crippen LogP contribution in [0.1, 0.15) is 25.3 Å².